The standard InChI is InChI=1S/C15H13NO/c1-10-5-4-7-12-14(9-10)16-13-8-3-2-6-11(13)15(12)17/h2-3,5-9,16H,4H2,1H3. The number of hydrogen-bond donors (Lipinski definition) is 1. The van der Waals surface area contributed by atoms with Crippen LogP contribution in [0.5, 0.6) is 0 Å². The first-order chi connectivity index (χ1) is 8.25. The lowest BCUT2D eigenvalue weighted by molar-refractivity contribution is 1.26. The first kappa shape index (κ1) is 10.1. The van der Waals surface area contributed by atoms with E-state index in [0.717, 1.165) is 27.9 Å². The third-order valence-corrected chi connectivity index (χ3v) is 3.11. The Labute approximate surface area is 98.6 Å². The highest BCUT2D eigenvalue weighted by molar-refractivity contribution is 5.78. The number of fused-ring (bicyclic) bond motifs is 2. The third kappa shape index (κ3) is 1.62. The molecule has 2 heteroatoms. The highest BCUT2D eigenvalue weighted by Gasteiger charge is 2.02. The lowest BCUT2D eigenvalue weighted by Crippen LogP contribution is -2.40. The maximum atomic E-state index is 12.3. The maximum absolute atomic E-state index is 12.3. The third-order valence-electron chi connectivity index (χ3n) is 3.11. The molecule has 2 nitrogen and oxygen atoms in total. The molecule has 0 saturated heterocycles. The van der Waals surface area contributed by atoms with Gasteiger partial charge in [0, 0.05) is 21.5 Å². The van der Waals surface area contributed by atoms with Crippen molar-refractivity contribution in [1.82, 2.24) is 4.98 Å². The van der Waals surface area contributed by atoms with Crippen LogP contribution in [0.1, 0.15) is 13.3 Å². The zero-order valence-electron chi connectivity index (χ0n) is 9.66. The summed E-state index contributed by atoms with van der Waals surface area (Å²) in [5, 5.41) is 2.47. The van der Waals surface area contributed by atoms with Gasteiger partial charge in [-0.15, -0.1) is 0 Å². The molecule has 1 aliphatic rings. The number of aromatic amines is 1. The zero-order chi connectivity index (χ0) is 11.8. The van der Waals surface area contributed by atoms with Gasteiger partial charge in [0.1, 0.15) is 0 Å². The van der Waals surface area contributed by atoms with E-state index in [9.17, 15) is 4.79 Å². The smallest absolute Gasteiger partial charge is 0.196 e. The predicted molar refractivity (Wildman–Crippen MR) is 71.1 cm³/mol. The number of benzene rings is 1. The second kappa shape index (κ2) is 3.74. The van der Waals surface area contributed by atoms with E-state index in [-0.39, 0.29) is 5.43 Å². The Morgan fingerprint density at radius 3 is 2.88 bits per heavy atom. The largest absolute Gasteiger partial charge is 0.354 e. The molecular formula is C15H13NO. The average Bonchev–Trinajstić information content (AvgIpc) is 2.51. The van der Waals surface area contributed by atoms with Crippen LogP contribution in [0.25, 0.3) is 23.1 Å². The van der Waals surface area contributed by atoms with E-state index < -0.39 is 0 Å². The molecule has 0 atom stereocenters. The van der Waals surface area contributed by atoms with Gasteiger partial charge in [-0.3, -0.25) is 4.79 Å². The van der Waals surface area contributed by atoms with E-state index >= 15 is 0 Å². The van der Waals surface area contributed by atoms with Crippen molar-refractivity contribution in [2.24, 2.45) is 0 Å². The van der Waals surface area contributed by atoms with Gasteiger partial charge in [-0.05, 0) is 31.6 Å². The first-order valence-electron chi connectivity index (χ1n) is 5.75. The van der Waals surface area contributed by atoms with Gasteiger partial charge in [-0.2, -0.15) is 0 Å². The molecule has 17 heavy (non-hydrogen) atoms. The van der Waals surface area contributed by atoms with Crippen molar-refractivity contribution in [3.63, 3.8) is 0 Å². The zero-order valence-corrected chi connectivity index (χ0v) is 9.66. The molecule has 1 aromatic heterocycles. The Balaban J connectivity index is 2.58. The van der Waals surface area contributed by atoms with Gasteiger partial charge < -0.3 is 4.98 Å². The molecule has 0 fully saturated rings. The summed E-state index contributed by atoms with van der Waals surface area (Å²) in [6.07, 6.45) is 6.97. The fraction of sp³-hybridized carbons (Fsp3) is 0.133. The van der Waals surface area contributed by atoms with Crippen molar-refractivity contribution in [3.05, 3.63) is 56.7 Å². The van der Waals surface area contributed by atoms with E-state index in [1.54, 1.807) is 0 Å². The second-order valence-electron chi connectivity index (χ2n) is 4.36. The topological polar surface area (TPSA) is 32.9 Å². The SMILES string of the molecule is CC1=CCC=c2c([nH]c3ccccc3c2=O)=C1. The fourth-order valence-electron chi connectivity index (χ4n) is 2.24. The molecule has 1 heterocycles. The summed E-state index contributed by atoms with van der Waals surface area (Å²) in [7, 11) is 0. The number of para-hydroxylation sites is 1. The van der Waals surface area contributed by atoms with Crippen LogP contribution in [0.3, 0.4) is 0 Å². The van der Waals surface area contributed by atoms with Gasteiger partial charge in [-0.25, -0.2) is 0 Å². The van der Waals surface area contributed by atoms with E-state index in [1.807, 2.05) is 36.4 Å². The molecule has 1 aliphatic carbocycles. The minimum atomic E-state index is 0.119. The Hall–Kier alpha value is -2.09. The van der Waals surface area contributed by atoms with Gasteiger partial charge in [-0.1, -0.05) is 29.9 Å². The summed E-state index contributed by atoms with van der Waals surface area (Å²) in [5.74, 6) is 0. The van der Waals surface area contributed by atoms with Crippen LogP contribution in [0.4, 0.5) is 0 Å². The van der Waals surface area contributed by atoms with Crippen molar-refractivity contribution in [2.75, 3.05) is 0 Å². The monoisotopic (exact) mass is 223 g/mol. The van der Waals surface area contributed by atoms with Gasteiger partial charge in [0.15, 0.2) is 5.43 Å². The summed E-state index contributed by atoms with van der Waals surface area (Å²) < 4.78 is 0. The number of nitrogens with one attached hydrogen (secondary N) is 1. The van der Waals surface area contributed by atoms with Crippen molar-refractivity contribution in [2.45, 2.75) is 13.3 Å². The van der Waals surface area contributed by atoms with E-state index in [4.69, 9.17) is 0 Å². The van der Waals surface area contributed by atoms with Crippen molar-refractivity contribution >= 4 is 23.1 Å². The van der Waals surface area contributed by atoms with Crippen LogP contribution in [-0.2, 0) is 0 Å². The second-order valence-corrected chi connectivity index (χ2v) is 4.36. The van der Waals surface area contributed by atoms with Crippen molar-refractivity contribution in [3.8, 4) is 0 Å². The molecule has 1 aromatic carbocycles. The van der Waals surface area contributed by atoms with Crippen molar-refractivity contribution < 1.29 is 0 Å². The Morgan fingerprint density at radius 2 is 2.00 bits per heavy atom. The molecular weight excluding hydrogens is 210 g/mol. The van der Waals surface area contributed by atoms with Gasteiger partial charge in [0.2, 0.25) is 0 Å². The van der Waals surface area contributed by atoms with Crippen LogP contribution in [0, 0.1) is 0 Å². The lowest BCUT2D eigenvalue weighted by Gasteiger charge is -1.98. The number of aromatic nitrogens is 1. The first-order valence-corrected chi connectivity index (χ1v) is 5.75. The van der Waals surface area contributed by atoms with E-state index in [0.29, 0.717) is 0 Å². The van der Waals surface area contributed by atoms with Gasteiger partial charge >= 0.3 is 0 Å². The van der Waals surface area contributed by atoms with E-state index in [2.05, 4.69) is 18.0 Å². The Kier molecular flexibility index (Phi) is 2.22. The number of allylic oxidation sites excluding steroid dienone is 2. The fourth-order valence-corrected chi connectivity index (χ4v) is 2.24. The van der Waals surface area contributed by atoms with Crippen LogP contribution in [0.2, 0.25) is 0 Å². The molecule has 0 aliphatic heterocycles. The van der Waals surface area contributed by atoms with Crippen molar-refractivity contribution in [1.29, 1.82) is 0 Å². The maximum Gasteiger partial charge on any atom is 0.196 e. The minimum absolute atomic E-state index is 0.119. The molecule has 0 bridgehead atoms. The lowest BCUT2D eigenvalue weighted by atomic mass is 10.1. The van der Waals surface area contributed by atoms with Gasteiger partial charge in [0.25, 0.3) is 0 Å². The molecule has 0 unspecified atom stereocenters. The van der Waals surface area contributed by atoms with Crippen LogP contribution in [0.15, 0.2) is 40.7 Å². The molecule has 0 amide bonds. The number of hydrogen-bond acceptors (Lipinski definition) is 1. The summed E-state index contributed by atoms with van der Waals surface area (Å²) in [6.45, 7) is 2.05. The summed E-state index contributed by atoms with van der Waals surface area (Å²) in [5.41, 5.74) is 2.20. The predicted octanol–water partition coefficient (Wildman–Crippen LogP) is 1.44. The molecule has 0 radical (unpaired) electrons. The number of H-pyrrole nitrogens is 1. The Bertz CT molecular complexity index is 794. The molecule has 3 rings (SSSR count). The summed E-state index contributed by atoms with van der Waals surface area (Å²) >= 11 is 0. The molecule has 0 saturated carbocycles. The number of pyridine rings is 1. The van der Waals surface area contributed by atoms with Crippen LogP contribution < -0.4 is 16.0 Å². The highest BCUT2D eigenvalue weighted by atomic mass is 16.1. The van der Waals surface area contributed by atoms with Gasteiger partial charge in [0.05, 0.1) is 0 Å². The molecule has 2 aromatic rings. The summed E-state index contributed by atoms with van der Waals surface area (Å²) in [4.78, 5) is 15.7. The minimum Gasteiger partial charge on any atom is -0.354 e. The molecule has 0 spiro atoms. The summed E-state index contributed by atoms with van der Waals surface area (Å²) in [6, 6.07) is 7.64. The highest BCUT2D eigenvalue weighted by Crippen LogP contribution is 2.03. The normalized spacial score (nSPS) is 14.3. The molecule has 1 N–H and O–H groups in total. The van der Waals surface area contributed by atoms with Crippen LogP contribution in [-0.4, -0.2) is 4.98 Å². The quantitative estimate of drug-likeness (QED) is 0.720. The van der Waals surface area contributed by atoms with Crippen LogP contribution >= 0.6 is 0 Å². The Morgan fingerprint density at radius 1 is 1.18 bits per heavy atom. The molecule has 84 valence electrons. The number of rotatable bonds is 0. The average molecular weight is 223 g/mol. The van der Waals surface area contributed by atoms with E-state index in [1.165, 1.54) is 5.57 Å².